The van der Waals surface area contributed by atoms with Gasteiger partial charge in [-0.3, -0.25) is 4.79 Å². The van der Waals surface area contributed by atoms with E-state index < -0.39 is 0 Å². The van der Waals surface area contributed by atoms with Crippen molar-refractivity contribution in [2.24, 2.45) is 0 Å². The summed E-state index contributed by atoms with van der Waals surface area (Å²) in [4.78, 5) is 14.4. The molecule has 2 aromatic rings. The van der Waals surface area contributed by atoms with E-state index in [1.807, 2.05) is 0 Å². The molecule has 1 amide bonds. The van der Waals surface area contributed by atoms with Gasteiger partial charge in [0.05, 0.1) is 6.04 Å². The molecule has 0 saturated heterocycles. The minimum atomic E-state index is 0.159. The molecule has 4 rings (SSSR count). The van der Waals surface area contributed by atoms with Gasteiger partial charge < -0.3 is 10.3 Å². The number of nitrogens with one attached hydrogen (secondary N) is 2. The van der Waals surface area contributed by atoms with Gasteiger partial charge in [-0.1, -0.05) is 25.3 Å². The van der Waals surface area contributed by atoms with Gasteiger partial charge in [0.25, 0.3) is 0 Å². The van der Waals surface area contributed by atoms with Crippen LogP contribution in [0.2, 0.25) is 0 Å². The highest BCUT2D eigenvalue weighted by molar-refractivity contribution is 5.86. The van der Waals surface area contributed by atoms with Crippen LogP contribution >= 0.6 is 0 Å². The van der Waals surface area contributed by atoms with Gasteiger partial charge in [0.1, 0.15) is 0 Å². The molecule has 116 valence electrons. The van der Waals surface area contributed by atoms with Crippen molar-refractivity contribution in [1.82, 2.24) is 10.3 Å². The van der Waals surface area contributed by atoms with Crippen molar-refractivity contribution in [3.8, 4) is 0 Å². The number of carbonyl (C=O) groups is 1. The number of rotatable bonds is 3. The van der Waals surface area contributed by atoms with Gasteiger partial charge in [-0.15, -0.1) is 0 Å². The molecule has 1 unspecified atom stereocenters. The summed E-state index contributed by atoms with van der Waals surface area (Å²) >= 11 is 0. The van der Waals surface area contributed by atoms with Gasteiger partial charge in [0.2, 0.25) is 6.41 Å². The van der Waals surface area contributed by atoms with E-state index in [-0.39, 0.29) is 6.04 Å². The SMILES string of the molecule is O=CNC1CCCc2c1[nH]c1ccc(C3CCCCC3)cc21. The molecule has 3 nitrogen and oxygen atoms in total. The van der Waals surface area contributed by atoms with Crippen molar-refractivity contribution in [3.63, 3.8) is 0 Å². The van der Waals surface area contributed by atoms with Gasteiger partial charge in [0.15, 0.2) is 0 Å². The lowest BCUT2D eigenvalue weighted by molar-refractivity contribution is -0.110. The third-order valence-corrected chi connectivity index (χ3v) is 5.58. The maximum Gasteiger partial charge on any atom is 0.207 e. The Morgan fingerprint density at radius 3 is 2.77 bits per heavy atom. The molecule has 0 aliphatic heterocycles. The zero-order chi connectivity index (χ0) is 14.9. The maximum absolute atomic E-state index is 10.8. The molecule has 1 fully saturated rings. The highest BCUT2D eigenvalue weighted by Crippen LogP contribution is 2.38. The van der Waals surface area contributed by atoms with E-state index in [1.54, 1.807) is 0 Å². The third kappa shape index (κ3) is 2.33. The van der Waals surface area contributed by atoms with Crippen LogP contribution in [-0.4, -0.2) is 11.4 Å². The summed E-state index contributed by atoms with van der Waals surface area (Å²) in [6, 6.07) is 7.13. The van der Waals surface area contributed by atoms with E-state index in [9.17, 15) is 4.79 Å². The molecule has 1 atom stereocenters. The third-order valence-electron chi connectivity index (χ3n) is 5.58. The zero-order valence-electron chi connectivity index (χ0n) is 13.0. The Morgan fingerprint density at radius 1 is 1.09 bits per heavy atom. The lowest BCUT2D eigenvalue weighted by Crippen LogP contribution is -2.23. The van der Waals surface area contributed by atoms with Crippen molar-refractivity contribution in [2.75, 3.05) is 0 Å². The summed E-state index contributed by atoms with van der Waals surface area (Å²) in [5, 5.41) is 4.35. The molecule has 0 bridgehead atoms. The van der Waals surface area contributed by atoms with Crippen LogP contribution in [0.4, 0.5) is 0 Å². The second kappa shape index (κ2) is 5.79. The molecule has 0 radical (unpaired) electrons. The molecule has 3 heteroatoms. The van der Waals surface area contributed by atoms with Crippen LogP contribution in [-0.2, 0) is 11.2 Å². The second-order valence-electron chi connectivity index (χ2n) is 6.89. The van der Waals surface area contributed by atoms with Crippen LogP contribution in [0.3, 0.4) is 0 Å². The van der Waals surface area contributed by atoms with E-state index in [4.69, 9.17) is 0 Å². The predicted octanol–water partition coefficient (Wildman–Crippen LogP) is 4.34. The second-order valence-corrected chi connectivity index (χ2v) is 6.89. The Balaban J connectivity index is 1.74. The number of carbonyl (C=O) groups excluding carboxylic acids is 1. The number of aromatic amines is 1. The predicted molar refractivity (Wildman–Crippen MR) is 89.0 cm³/mol. The average Bonchev–Trinajstić information content (AvgIpc) is 2.95. The van der Waals surface area contributed by atoms with Crippen LogP contribution in [0, 0.1) is 0 Å². The van der Waals surface area contributed by atoms with Crippen molar-refractivity contribution in [3.05, 3.63) is 35.0 Å². The number of H-pyrrole nitrogens is 1. The van der Waals surface area contributed by atoms with E-state index in [1.165, 1.54) is 59.8 Å². The molecule has 1 aromatic carbocycles. The average molecular weight is 296 g/mol. The summed E-state index contributed by atoms with van der Waals surface area (Å²) in [5.41, 5.74) is 5.40. The number of hydrogen-bond donors (Lipinski definition) is 2. The fraction of sp³-hybridized carbons (Fsp3) is 0.526. The molecular weight excluding hydrogens is 272 g/mol. The Hall–Kier alpha value is -1.77. The summed E-state index contributed by atoms with van der Waals surface area (Å²) in [7, 11) is 0. The lowest BCUT2D eigenvalue weighted by atomic mass is 9.83. The monoisotopic (exact) mass is 296 g/mol. The first-order valence-corrected chi connectivity index (χ1v) is 8.71. The Labute approximate surface area is 131 Å². The maximum atomic E-state index is 10.8. The van der Waals surface area contributed by atoms with Gasteiger partial charge in [0, 0.05) is 16.6 Å². The number of benzene rings is 1. The van der Waals surface area contributed by atoms with Crippen LogP contribution in [0.5, 0.6) is 0 Å². The summed E-state index contributed by atoms with van der Waals surface area (Å²) in [6.45, 7) is 0. The molecular formula is C19H24N2O. The molecule has 2 aliphatic carbocycles. The zero-order valence-corrected chi connectivity index (χ0v) is 13.0. The van der Waals surface area contributed by atoms with Gasteiger partial charge in [-0.05, 0) is 61.3 Å². The fourth-order valence-corrected chi connectivity index (χ4v) is 4.42. The number of aryl methyl sites for hydroxylation is 1. The standard InChI is InChI=1S/C19H24N2O/c22-12-20-18-8-4-7-15-16-11-14(13-5-2-1-3-6-13)9-10-17(16)21-19(15)18/h9-13,18,21H,1-8H2,(H,20,22). The van der Waals surface area contributed by atoms with Crippen molar-refractivity contribution < 1.29 is 4.79 Å². The van der Waals surface area contributed by atoms with Gasteiger partial charge in [-0.25, -0.2) is 0 Å². The van der Waals surface area contributed by atoms with E-state index in [0.717, 1.165) is 31.6 Å². The molecule has 1 heterocycles. The largest absolute Gasteiger partial charge is 0.356 e. The Morgan fingerprint density at radius 2 is 1.95 bits per heavy atom. The van der Waals surface area contributed by atoms with E-state index in [0.29, 0.717) is 0 Å². The Bertz CT molecular complexity index is 682. The molecule has 1 aromatic heterocycles. The van der Waals surface area contributed by atoms with E-state index in [2.05, 4.69) is 28.5 Å². The van der Waals surface area contributed by atoms with Crippen molar-refractivity contribution in [2.45, 2.75) is 63.3 Å². The highest BCUT2D eigenvalue weighted by atomic mass is 16.1. The minimum absolute atomic E-state index is 0.159. The quantitative estimate of drug-likeness (QED) is 0.813. The molecule has 1 saturated carbocycles. The normalized spacial score (nSPS) is 22.5. The topological polar surface area (TPSA) is 44.9 Å². The molecule has 2 aliphatic rings. The Kier molecular flexibility index (Phi) is 3.65. The first kappa shape index (κ1) is 13.9. The van der Waals surface area contributed by atoms with Crippen LogP contribution in [0.1, 0.15) is 73.7 Å². The van der Waals surface area contributed by atoms with Crippen LogP contribution in [0.15, 0.2) is 18.2 Å². The van der Waals surface area contributed by atoms with Gasteiger partial charge in [-0.2, -0.15) is 0 Å². The summed E-state index contributed by atoms with van der Waals surface area (Å²) < 4.78 is 0. The molecule has 0 spiro atoms. The number of fused-ring (bicyclic) bond motifs is 3. The van der Waals surface area contributed by atoms with Crippen molar-refractivity contribution in [1.29, 1.82) is 0 Å². The van der Waals surface area contributed by atoms with Gasteiger partial charge >= 0.3 is 0 Å². The lowest BCUT2D eigenvalue weighted by Gasteiger charge is -2.23. The van der Waals surface area contributed by atoms with E-state index >= 15 is 0 Å². The first-order chi connectivity index (χ1) is 10.9. The summed E-state index contributed by atoms with van der Waals surface area (Å²) in [6.07, 6.45) is 11.0. The van der Waals surface area contributed by atoms with Crippen LogP contribution in [0.25, 0.3) is 10.9 Å². The number of amides is 1. The molecule has 2 N–H and O–H groups in total. The summed E-state index contributed by atoms with van der Waals surface area (Å²) in [5.74, 6) is 0.746. The smallest absolute Gasteiger partial charge is 0.207 e. The number of aromatic nitrogens is 1. The fourth-order valence-electron chi connectivity index (χ4n) is 4.42. The molecule has 22 heavy (non-hydrogen) atoms. The van der Waals surface area contributed by atoms with Crippen LogP contribution < -0.4 is 5.32 Å². The first-order valence-electron chi connectivity index (χ1n) is 8.71. The highest BCUT2D eigenvalue weighted by Gasteiger charge is 2.24. The number of hydrogen-bond acceptors (Lipinski definition) is 1. The minimum Gasteiger partial charge on any atom is -0.356 e. The van der Waals surface area contributed by atoms with Crippen molar-refractivity contribution >= 4 is 17.3 Å².